The number of carbonyl (C=O) groups excluding carboxylic acids is 1. The summed E-state index contributed by atoms with van der Waals surface area (Å²) in [6.07, 6.45) is 1.96. The molecule has 0 aliphatic rings. The van der Waals surface area contributed by atoms with Crippen molar-refractivity contribution in [3.8, 4) is 0 Å². The number of para-hydroxylation sites is 1. The van der Waals surface area contributed by atoms with Gasteiger partial charge in [-0.3, -0.25) is 9.59 Å². The molecule has 0 fully saturated rings. The number of carbonyl (C=O) groups is 1. The number of amides is 1. The first-order valence-electron chi connectivity index (χ1n) is 9.43. The van der Waals surface area contributed by atoms with E-state index in [0.29, 0.717) is 16.5 Å². The fourth-order valence-corrected chi connectivity index (χ4v) is 4.84. The molecule has 0 bridgehead atoms. The lowest BCUT2D eigenvalue weighted by Gasteiger charge is -2.11. The fourth-order valence-electron chi connectivity index (χ4n) is 2.94. The number of aromatic amines is 1. The lowest BCUT2D eigenvalue weighted by molar-refractivity contribution is -0.115. The summed E-state index contributed by atoms with van der Waals surface area (Å²) in [5.74, 6) is 0.394. The molecule has 0 aliphatic carbocycles. The molecule has 0 unspecified atom stereocenters. The van der Waals surface area contributed by atoms with Gasteiger partial charge in [-0.15, -0.1) is 11.3 Å². The summed E-state index contributed by atoms with van der Waals surface area (Å²) in [6, 6.07) is 9.33. The van der Waals surface area contributed by atoms with E-state index in [1.165, 1.54) is 11.8 Å². The van der Waals surface area contributed by atoms with E-state index in [9.17, 15) is 9.59 Å². The van der Waals surface area contributed by atoms with Gasteiger partial charge in [0.05, 0.1) is 10.6 Å². The summed E-state index contributed by atoms with van der Waals surface area (Å²) in [4.78, 5) is 34.6. The third-order valence-corrected chi connectivity index (χ3v) is 6.82. The zero-order valence-corrected chi connectivity index (χ0v) is 18.2. The Morgan fingerprint density at radius 3 is 2.68 bits per heavy atom. The zero-order valence-electron chi connectivity index (χ0n) is 16.5. The van der Waals surface area contributed by atoms with Gasteiger partial charge in [-0.2, -0.15) is 0 Å². The molecular formula is C21H25N3O2S2. The molecule has 1 aromatic carbocycles. The van der Waals surface area contributed by atoms with Crippen LogP contribution >= 0.6 is 23.1 Å². The van der Waals surface area contributed by atoms with Crippen molar-refractivity contribution in [1.82, 2.24) is 9.97 Å². The maximum Gasteiger partial charge on any atom is 0.260 e. The molecule has 0 aliphatic heterocycles. The summed E-state index contributed by atoms with van der Waals surface area (Å²) in [6.45, 7) is 8.21. The molecule has 2 N–H and O–H groups in total. The smallest absolute Gasteiger partial charge is 0.260 e. The van der Waals surface area contributed by atoms with Crippen LogP contribution in [0.3, 0.4) is 0 Å². The first kappa shape index (κ1) is 20.6. The minimum atomic E-state index is -0.388. The van der Waals surface area contributed by atoms with Crippen molar-refractivity contribution in [2.75, 3.05) is 5.32 Å². The molecule has 2 aromatic heterocycles. The van der Waals surface area contributed by atoms with Gasteiger partial charge in [0, 0.05) is 10.6 Å². The molecule has 148 valence electrons. The maximum absolute atomic E-state index is 12.7. The molecule has 0 saturated heterocycles. The molecule has 5 nitrogen and oxygen atoms in total. The number of thiophene rings is 1. The molecule has 7 heteroatoms. The second-order valence-corrected chi connectivity index (χ2v) is 9.55. The minimum Gasteiger partial charge on any atom is -0.325 e. The highest BCUT2D eigenvalue weighted by Crippen LogP contribution is 2.31. The van der Waals surface area contributed by atoms with Crippen LogP contribution in [0.25, 0.3) is 10.2 Å². The SMILES string of the molecule is CC[C@H](C)Cc1c(C)sc2nc(S[C@H](C)C(=O)Nc3ccccc3)[nH]c(=O)c12. The number of aryl methyl sites for hydroxylation is 1. The number of aromatic nitrogens is 2. The summed E-state index contributed by atoms with van der Waals surface area (Å²) in [7, 11) is 0. The van der Waals surface area contributed by atoms with E-state index in [2.05, 4.69) is 29.1 Å². The van der Waals surface area contributed by atoms with Crippen LogP contribution in [-0.4, -0.2) is 21.1 Å². The molecule has 1 amide bonds. The molecule has 2 atom stereocenters. The van der Waals surface area contributed by atoms with E-state index in [1.807, 2.05) is 37.3 Å². The van der Waals surface area contributed by atoms with Gasteiger partial charge < -0.3 is 10.3 Å². The van der Waals surface area contributed by atoms with Crippen LogP contribution in [0.1, 0.15) is 37.6 Å². The molecule has 0 saturated carbocycles. The van der Waals surface area contributed by atoms with Crippen molar-refractivity contribution in [3.63, 3.8) is 0 Å². The zero-order chi connectivity index (χ0) is 20.3. The number of thioether (sulfide) groups is 1. The van der Waals surface area contributed by atoms with Gasteiger partial charge in [-0.1, -0.05) is 50.2 Å². The lowest BCUT2D eigenvalue weighted by Crippen LogP contribution is -2.23. The highest BCUT2D eigenvalue weighted by atomic mass is 32.2. The normalized spacial score (nSPS) is 13.4. The number of hydrogen-bond donors (Lipinski definition) is 2. The second kappa shape index (κ2) is 8.92. The van der Waals surface area contributed by atoms with Gasteiger partial charge in [0.15, 0.2) is 5.16 Å². The Morgan fingerprint density at radius 2 is 2.00 bits per heavy atom. The highest BCUT2D eigenvalue weighted by Gasteiger charge is 2.20. The third-order valence-electron chi connectivity index (χ3n) is 4.79. The predicted octanol–water partition coefficient (Wildman–Crippen LogP) is 5.00. The Bertz CT molecular complexity index is 1030. The lowest BCUT2D eigenvalue weighted by atomic mass is 9.98. The minimum absolute atomic E-state index is 0.120. The maximum atomic E-state index is 12.7. The van der Waals surface area contributed by atoms with Crippen LogP contribution in [0, 0.1) is 12.8 Å². The fraction of sp³-hybridized carbons (Fsp3) is 0.381. The van der Waals surface area contributed by atoms with Crippen molar-refractivity contribution in [2.45, 2.75) is 50.9 Å². The van der Waals surface area contributed by atoms with Gasteiger partial charge in [0.2, 0.25) is 5.91 Å². The van der Waals surface area contributed by atoms with Crippen LogP contribution in [0.2, 0.25) is 0 Å². The largest absolute Gasteiger partial charge is 0.325 e. The summed E-state index contributed by atoms with van der Waals surface area (Å²) in [5.41, 5.74) is 1.74. The van der Waals surface area contributed by atoms with Gasteiger partial charge in [-0.05, 0) is 43.9 Å². The van der Waals surface area contributed by atoms with E-state index in [1.54, 1.807) is 18.3 Å². The van der Waals surface area contributed by atoms with Gasteiger partial charge in [-0.25, -0.2) is 4.98 Å². The molecule has 0 radical (unpaired) electrons. The standard InChI is InChI=1S/C21H25N3O2S2/c1-5-12(2)11-16-13(3)27-20-17(16)19(26)23-21(24-20)28-14(4)18(25)22-15-9-7-6-8-10-15/h6-10,12,14H,5,11H2,1-4H3,(H,22,25)(H,23,24,26)/t12-,14+/m0/s1. The van der Waals surface area contributed by atoms with E-state index < -0.39 is 0 Å². The Hall–Kier alpha value is -2.12. The quantitative estimate of drug-likeness (QED) is 0.421. The number of nitrogens with one attached hydrogen (secondary N) is 2. The number of anilines is 1. The van der Waals surface area contributed by atoms with Crippen molar-refractivity contribution < 1.29 is 4.79 Å². The van der Waals surface area contributed by atoms with E-state index in [4.69, 9.17) is 0 Å². The van der Waals surface area contributed by atoms with Crippen molar-refractivity contribution in [3.05, 3.63) is 51.1 Å². The monoisotopic (exact) mass is 415 g/mol. The van der Waals surface area contributed by atoms with E-state index in [-0.39, 0.29) is 16.7 Å². The average molecular weight is 416 g/mol. The Morgan fingerprint density at radius 1 is 1.29 bits per heavy atom. The summed E-state index contributed by atoms with van der Waals surface area (Å²) >= 11 is 2.81. The molecular weight excluding hydrogens is 390 g/mol. The molecule has 2 heterocycles. The van der Waals surface area contributed by atoms with Crippen LogP contribution in [0.5, 0.6) is 0 Å². The summed E-state index contributed by atoms with van der Waals surface area (Å²) in [5, 5.41) is 3.67. The van der Waals surface area contributed by atoms with Crippen LogP contribution < -0.4 is 10.9 Å². The first-order valence-corrected chi connectivity index (χ1v) is 11.1. The van der Waals surface area contributed by atoms with Crippen LogP contribution in [0.15, 0.2) is 40.3 Å². The predicted molar refractivity (Wildman–Crippen MR) is 119 cm³/mol. The Labute approximate surface area is 173 Å². The van der Waals surface area contributed by atoms with Crippen molar-refractivity contribution >= 4 is 44.9 Å². The van der Waals surface area contributed by atoms with Crippen molar-refractivity contribution in [1.29, 1.82) is 0 Å². The number of hydrogen-bond acceptors (Lipinski definition) is 5. The van der Waals surface area contributed by atoms with Crippen molar-refractivity contribution in [2.24, 2.45) is 5.92 Å². The Kier molecular flexibility index (Phi) is 6.57. The molecule has 3 aromatic rings. The summed E-state index contributed by atoms with van der Waals surface area (Å²) < 4.78 is 0. The topological polar surface area (TPSA) is 74.8 Å². The molecule has 3 rings (SSSR count). The number of benzene rings is 1. The second-order valence-electron chi connectivity index (χ2n) is 7.02. The highest BCUT2D eigenvalue weighted by molar-refractivity contribution is 8.00. The number of H-pyrrole nitrogens is 1. The molecule has 0 spiro atoms. The molecule has 28 heavy (non-hydrogen) atoms. The number of fused-ring (bicyclic) bond motifs is 1. The Balaban J connectivity index is 1.80. The third kappa shape index (κ3) is 4.64. The number of rotatable bonds is 7. The first-order chi connectivity index (χ1) is 13.4. The van der Waals surface area contributed by atoms with Gasteiger partial charge in [0.25, 0.3) is 5.56 Å². The van der Waals surface area contributed by atoms with Gasteiger partial charge >= 0.3 is 0 Å². The van der Waals surface area contributed by atoms with Crippen LogP contribution in [-0.2, 0) is 11.2 Å². The average Bonchev–Trinajstić information content (AvgIpc) is 2.97. The van der Waals surface area contributed by atoms with Gasteiger partial charge in [0.1, 0.15) is 4.83 Å². The van der Waals surface area contributed by atoms with E-state index >= 15 is 0 Å². The number of nitrogens with zero attached hydrogens (tertiary/aromatic N) is 1. The van der Waals surface area contributed by atoms with Crippen LogP contribution in [0.4, 0.5) is 5.69 Å². The van der Waals surface area contributed by atoms with E-state index in [0.717, 1.165) is 33.8 Å².